The highest BCUT2D eigenvalue weighted by atomic mass is 35.5. The lowest BCUT2D eigenvalue weighted by Crippen LogP contribution is -2.13. The van der Waals surface area contributed by atoms with E-state index in [0.29, 0.717) is 12.0 Å². The van der Waals surface area contributed by atoms with Crippen LogP contribution in [0.1, 0.15) is 30.9 Å². The number of benzene rings is 1. The highest BCUT2D eigenvalue weighted by Crippen LogP contribution is 2.32. The van der Waals surface area contributed by atoms with Gasteiger partial charge in [0.05, 0.1) is 5.56 Å². The molecular formula is C12H16ClF3N2O. The molecule has 0 spiro atoms. The largest absolute Gasteiger partial charge is 0.416 e. The second-order valence-electron chi connectivity index (χ2n) is 3.92. The molecule has 1 aromatic rings. The zero-order valence-electron chi connectivity index (χ0n) is 10.4. The van der Waals surface area contributed by atoms with Gasteiger partial charge in [0.25, 0.3) is 0 Å². The first-order valence-electron chi connectivity index (χ1n) is 5.58. The Morgan fingerprint density at radius 1 is 1.32 bits per heavy atom. The number of amides is 1. The van der Waals surface area contributed by atoms with Gasteiger partial charge in [-0.1, -0.05) is 6.92 Å². The van der Waals surface area contributed by atoms with Crippen molar-refractivity contribution in [2.45, 2.75) is 32.5 Å². The molecule has 108 valence electrons. The zero-order valence-corrected chi connectivity index (χ0v) is 11.2. The van der Waals surface area contributed by atoms with Crippen LogP contribution in [0.2, 0.25) is 0 Å². The molecule has 1 amide bonds. The van der Waals surface area contributed by atoms with Crippen LogP contribution in [0.4, 0.5) is 18.9 Å². The molecule has 7 heteroatoms. The van der Waals surface area contributed by atoms with Gasteiger partial charge in [-0.2, -0.15) is 13.2 Å². The molecule has 0 bridgehead atoms. The first-order valence-corrected chi connectivity index (χ1v) is 5.58. The molecule has 0 heterocycles. The van der Waals surface area contributed by atoms with Crippen LogP contribution in [0.5, 0.6) is 0 Å². The third-order valence-corrected chi connectivity index (χ3v) is 2.32. The summed E-state index contributed by atoms with van der Waals surface area (Å²) < 4.78 is 37.8. The lowest BCUT2D eigenvalue weighted by Gasteiger charge is -2.12. The van der Waals surface area contributed by atoms with Gasteiger partial charge < -0.3 is 11.1 Å². The number of halogens is 4. The molecule has 0 saturated carbocycles. The van der Waals surface area contributed by atoms with Crippen molar-refractivity contribution in [2.75, 3.05) is 5.32 Å². The summed E-state index contributed by atoms with van der Waals surface area (Å²) in [5, 5.41) is 2.44. The van der Waals surface area contributed by atoms with Crippen LogP contribution in [0.25, 0.3) is 0 Å². The Hall–Kier alpha value is -1.27. The Morgan fingerprint density at radius 3 is 2.42 bits per heavy atom. The Morgan fingerprint density at radius 2 is 1.95 bits per heavy atom. The fourth-order valence-corrected chi connectivity index (χ4v) is 1.50. The molecule has 0 fully saturated rings. The molecule has 3 N–H and O–H groups in total. The average Bonchev–Trinajstić information content (AvgIpc) is 2.27. The Kier molecular flexibility index (Phi) is 6.86. The van der Waals surface area contributed by atoms with Crippen LogP contribution < -0.4 is 11.1 Å². The molecule has 0 radical (unpaired) electrons. The molecule has 0 aliphatic rings. The summed E-state index contributed by atoms with van der Waals surface area (Å²) >= 11 is 0. The van der Waals surface area contributed by atoms with Gasteiger partial charge in [-0.3, -0.25) is 4.79 Å². The molecule has 0 atom stereocenters. The summed E-state index contributed by atoms with van der Waals surface area (Å²) in [7, 11) is 0. The summed E-state index contributed by atoms with van der Waals surface area (Å²) in [6, 6.07) is 3.34. The third-order valence-electron chi connectivity index (χ3n) is 2.32. The van der Waals surface area contributed by atoms with Crippen molar-refractivity contribution in [3.05, 3.63) is 29.3 Å². The van der Waals surface area contributed by atoms with E-state index < -0.39 is 11.7 Å². The molecule has 3 nitrogen and oxygen atoms in total. The van der Waals surface area contributed by atoms with Gasteiger partial charge in [-0.05, 0) is 30.2 Å². The van der Waals surface area contributed by atoms with Crippen LogP contribution in [-0.4, -0.2) is 5.91 Å². The van der Waals surface area contributed by atoms with Gasteiger partial charge >= 0.3 is 6.18 Å². The van der Waals surface area contributed by atoms with Crippen LogP contribution in [0.15, 0.2) is 18.2 Å². The molecule has 1 aromatic carbocycles. The van der Waals surface area contributed by atoms with Crippen molar-refractivity contribution in [3.8, 4) is 0 Å². The maximum absolute atomic E-state index is 12.6. The Labute approximate surface area is 115 Å². The van der Waals surface area contributed by atoms with E-state index in [1.807, 2.05) is 6.92 Å². The topological polar surface area (TPSA) is 55.1 Å². The maximum atomic E-state index is 12.6. The lowest BCUT2D eigenvalue weighted by molar-refractivity contribution is -0.137. The van der Waals surface area contributed by atoms with E-state index in [1.165, 1.54) is 6.07 Å². The predicted molar refractivity (Wildman–Crippen MR) is 70.1 cm³/mol. The standard InChI is InChI=1S/C12H15F3N2O.ClH/c1-2-3-11(18)17-10-5-8(7-16)4-9(6-10)12(13,14)15;/h4-6H,2-3,7,16H2,1H3,(H,17,18);1H. The SMILES string of the molecule is CCCC(=O)Nc1cc(CN)cc(C(F)(F)F)c1.Cl. The minimum atomic E-state index is -4.45. The molecule has 1 rings (SSSR count). The summed E-state index contributed by atoms with van der Waals surface area (Å²) in [6.45, 7) is 1.80. The van der Waals surface area contributed by atoms with Crippen LogP contribution in [-0.2, 0) is 17.5 Å². The number of carbonyl (C=O) groups excluding carboxylic acids is 1. The summed E-state index contributed by atoms with van der Waals surface area (Å²) in [6.07, 6.45) is -3.54. The van der Waals surface area contributed by atoms with Crippen molar-refractivity contribution in [1.82, 2.24) is 0 Å². The summed E-state index contributed by atoms with van der Waals surface area (Å²) in [5.41, 5.74) is 4.99. The van der Waals surface area contributed by atoms with Crippen LogP contribution >= 0.6 is 12.4 Å². The van der Waals surface area contributed by atoms with E-state index in [-0.39, 0.29) is 37.0 Å². The van der Waals surface area contributed by atoms with Crippen molar-refractivity contribution in [3.63, 3.8) is 0 Å². The van der Waals surface area contributed by atoms with Gasteiger partial charge in [0, 0.05) is 18.7 Å². The minimum absolute atomic E-state index is 0. The average molecular weight is 297 g/mol. The number of rotatable bonds is 4. The van der Waals surface area contributed by atoms with E-state index in [0.717, 1.165) is 12.1 Å². The number of hydrogen-bond acceptors (Lipinski definition) is 2. The van der Waals surface area contributed by atoms with Crippen molar-refractivity contribution < 1.29 is 18.0 Å². The molecule has 0 aliphatic carbocycles. The van der Waals surface area contributed by atoms with Crippen molar-refractivity contribution in [2.24, 2.45) is 5.73 Å². The first-order chi connectivity index (χ1) is 8.36. The lowest BCUT2D eigenvalue weighted by atomic mass is 10.1. The molecule has 0 unspecified atom stereocenters. The molecular weight excluding hydrogens is 281 g/mol. The second-order valence-corrected chi connectivity index (χ2v) is 3.92. The van der Waals surface area contributed by atoms with Gasteiger partial charge in [-0.15, -0.1) is 12.4 Å². The number of alkyl halides is 3. The number of hydrogen-bond donors (Lipinski definition) is 2. The molecule has 0 aromatic heterocycles. The second kappa shape index (κ2) is 7.35. The van der Waals surface area contributed by atoms with Gasteiger partial charge in [0.15, 0.2) is 0 Å². The van der Waals surface area contributed by atoms with Gasteiger partial charge in [0.1, 0.15) is 0 Å². The molecule has 0 saturated heterocycles. The third kappa shape index (κ3) is 5.48. The Balaban J connectivity index is 0.00000324. The maximum Gasteiger partial charge on any atom is 0.416 e. The van der Waals surface area contributed by atoms with E-state index in [2.05, 4.69) is 5.32 Å². The van der Waals surface area contributed by atoms with E-state index in [1.54, 1.807) is 0 Å². The molecule has 0 aliphatic heterocycles. The minimum Gasteiger partial charge on any atom is -0.326 e. The van der Waals surface area contributed by atoms with Crippen LogP contribution in [0, 0.1) is 0 Å². The number of carbonyl (C=O) groups is 1. The summed E-state index contributed by atoms with van der Waals surface area (Å²) in [5.74, 6) is -0.306. The van der Waals surface area contributed by atoms with Gasteiger partial charge in [-0.25, -0.2) is 0 Å². The predicted octanol–water partition coefficient (Wildman–Crippen LogP) is 3.32. The Bertz CT molecular complexity index is 435. The van der Waals surface area contributed by atoms with Crippen molar-refractivity contribution in [1.29, 1.82) is 0 Å². The van der Waals surface area contributed by atoms with E-state index >= 15 is 0 Å². The highest BCUT2D eigenvalue weighted by Gasteiger charge is 2.31. The van der Waals surface area contributed by atoms with Gasteiger partial charge in [0.2, 0.25) is 5.91 Å². The van der Waals surface area contributed by atoms with Crippen molar-refractivity contribution >= 4 is 24.0 Å². The normalized spacial score (nSPS) is 10.8. The fraction of sp³-hybridized carbons (Fsp3) is 0.417. The van der Waals surface area contributed by atoms with E-state index in [9.17, 15) is 18.0 Å². The monoisotopic (exact) mass is 296 g/mol. The highest BCUT2D eigenvalue weighted by molar-refractivity contribution is 5.90. The number of anilines is 1. The number of nitrogens with two attached hydrogens (primary N) is 1. The number of nitrogens with one attached hydrogen (secondary N) is 1. The van der Waals surface area contributed by atoms with E-state index in [4.69, 9.17) is 5.73 Å². The summed E-state index contributed by atoms with van der Waals surface area (Å²) in [4.78, 5) is 11.3. The smallest absolute Gasteiger partial charge is 0.326 e. The van der Waals surface area contributed by atoms with Crippen LogP contribution in [0.3, 0.4) is 0 Å². The fourth-order valence-electron chi connectivity index (χ4n) is 1.50. The molecule has 19 heavy (non-hydrogen) atoms. The quantitative estimate of drug-likeness (QED) is 0.895. The zero-order chi connectivity index (χ0) is 13.8. The first kappa shape index (κ1) is 17.7.